The summed E-state index contributed by atoms with van der Waals surface area (Å²) in [7, 11) is 0. The zero-order valence-corrected chi connectivity index (χ0v) is 12.5. The van der Waals surface area contributed by atoms with E-state index in [9.17, 15) is 0 Å². The lowest BCUT2D eigenvalue weighted by molar-refractivity contribution is 0.777. The van der Waals surface area contributed by atoms with Gasteiger partial charge in [0.15, 0.2) is 0 Å². The van der Waals surface area contributed by atoms with Gasteiger partial charge in [0.2, 0.25) is 0 Å². The SMILES string of the molecule is Cc1cc(C)cc(CSc2ccc([C@@H](C)N)nc2)c1. The maximum Gasteiger partial charge on any atom is 0.0569 e. The number of hydrogen-bond donors (Lipinski definition) is 1. The van der Waals surface area contributed by atoms with Crippen LogP contribution < -0.4 is 5.73 Å². The quantitative estimate of drug-likeness (QED) is 0.855. The van der Waals surface area contributed by atoms with Gasteiger partial charge in [-0.25, -0.2) is 0 Å². The van der Waals surface area contributed by atoms with Crippen molar-refractivity contribution in [3.63, 3.8) is 0 Å². The Labute approximate surface area is 119 Å². The van der Waals surface area contributed by atoms with Gasteiger partial charge >= 0.3 is 0 Å². The zero-order chi connectivity index (χ0) is 13.8. The maximum atomic E-state index is 5.79. The van der Waals surface area contributed by atoms with E-state index in [2.05, 4.69) is 43.1 Å². The monoisotopic (exact) mass is 272 g/mol. The van der Waals surface area contributed by atoms with Crippen LogP contribution in [0.3, 0.4) is 0 Å². The molecule has 0 spiro atoms. The molecular weight excluding hydrogens is 252 g/mol. The molecule has 1 aromatic heterocycles. The van der Waals surface area contributed by atoms with E-state index in [4.69, 9.17) is 5.73 Å². The molecule has 0 unspecified atom stereocenters. The van der Waals surface area contributed by atoms with Gasteiger partial charge in [-0.05, 0) is 38.5 Å². The molecule has 0 aliphatic carbocycles. The summed E-state index contributed by atoms with van der Waals surface area (Å²) in [6, 6.07) is 10.8. The van der Waals surface area contributed by atoms with Crippen molar-refractivity contribution >= 4 is 11.8 Å². The van der Waals surface area contributed by atoms with Crippen LogP contribution in [0.5, 0.6) is 0 Å². The molecule has 2 aromatic rings. The Hall–Kier alpha value is -1.32. The van der Waals surface area contributed by atoms with E-state index in [1.54, 1.807) is 0 Å². The molecule has 19 heavy (non-hydrogen) atoms. The number of rotatable bonds is 4. The fourth-order valence-electron chi connectivity index (χ4n) is 2.07. The molecule has 1 atom stereocenters. The van der Waals surface area contributed by atoms with Gasteiger partial charge in [0.05, 0.1) is 5.69 Å². The van der Waals surface area contributed by atoms with Crippen molar-refractivity contribution in [3.8, 4) is 0 Å². The molecule has 3 heteroatoms. The summed E-state index contributed by atoms with van der Waals surface area (Å²) in [5.41, 5.74) is 10.7. The molecule has 0 saturated carbocycles. The molecule has 2 nitrogen and oxygen atoms in total. The number of benzene rings is 1. The normalized spacial score (nSPS) is 12.4. The van der Waals surface area contributed by atoms with Gasteiger partial charge in [0.1, 0.15) is 0 Å². The van der Waals surface area contributed by atoms with Gasteiger partial charge in [0, 0.05) is 22.9 Å². The van der Waals surface area contributed by atoms with Crippen LogP contribution >= 0.6 is 11.8 Å². The lowest BCUT2D eigenvalue weighted by atomic mass is 10.1. The van der Waals surface area contributed by atoms with Gasteiger partial charge < -0.3 is 5.73 Å². The first-order valence-corrected chi connectivity index (χ1v) is 7.44. The number of thioether (sulfide) groups is 1. The summed E-state index contributed by atoms with van der Waals surface area (Å²) >= 11 is 1.81. The second kappa shape index (κ2) is 6.22. The molecule has 2 N–H and O–H groups in total. The van der Waals surface area contributed by atoms with Crippen molar-refractivity contribution in [2.45, 2.75) is 37.5 Å². The predicted molar refractivity (Wildman–Crippen MR) is 82.3 cm³/mol. The molecule has 0 bridgehead atoms. The van der Waals surface area contributed by atoms with Crippen LogP contribution in [0.2, 0.25) is 0 Å². The van der Waals surface area contributed by atoms with E-state index in [1.165, 1.54) is 21.6 Å². The first-order chi connectivity index (χ1) is 9.04. The van der Waals surface area contributed by atoms with Crippen LogP contribution in [0.25, 0.3) is 0 Å². The average Bonchev–Trinajstić information content (AvgIpc) is 2.36. The standard InChI is InChI=1S/C16H20N2S/c1-11-6-12(2)8-14(7-11)10-19-15-4-5-16(13(3)17)18-9-15/h4-9,13H,10,17H2,1-3H3/t13-/m1/s1. The summed E-state index contributed by atoms with van der Waals surface area (Å²) in [6.45, 7) is 6.23. The molecule has 0 aliphatic rings. The third kappa shape index (κ3) is 4.08. The second-order valence-electron chi connectivity index (χ2n) is 4.99. The van der Waals surface area contributed by atoms with E-state index in [1.807, 2.05) is 30.9 Å². The molecule has 0 aliphatic heterocycles. The molecular formula is C16H20N2S. The number of nitrogens with zero attached hydrogens (tertiary/aromatic N) is 1. The number of nitrogens with two attached hydrogens (primary N) is 1. The lowest BCUT2D eigenvalue weighted by Gasteiger charge is -2.07. The molecule has 100 valence electrons. The minimum absolute atomic E-state index is 0.00141. The van der Waals surface area contributed by atoms with Gasteiger partial charge in [-0.15, -0.1) is 11.8 Å². The molecule has 1 heterocycles. The van der Waals surface area contributed by atoms with Gasteiger partial charge in [-0.1, -0.05) is 29.3 Å². The number of hydrogen-bond acceptors (Lipinski definition) is 3. The first-order valence-electron chi connectivity index (χ1n) is 6.46. The van der Waals surface area contributed by atoms with Crippen LogP contribution in [0, 0.1) is 13.8 Å². The Bertz CT molecular complexity index is 527. The fourth-order valence-corrected chi connectivity index (χ4v) is 2.86. The number of pyridine rings is 1. The van der Waals surface area contributed by atoms with Gasteiger partial charge in [-0.3, -0.25) is 4.98 Å². The Morgan fingerprint density at radius 2 is 1.84 bits per heavy atom. The zero-order valence-electron chi connectivity index (χ0n) is 11.7. The molecule has 1 aromatic carbocycles. The van der Waals surface area contributed by atoms with Crippen LogP contribution in [0.15, 0.2) is 41.4 Å². The average molecular weight is 272 g/mol. The van der Waals surface area contributed by atoms with E-state index >= 15 is 0 Å². The first kappa shape index (κ1) is 14.1. The van der Waals surface area contributed by atoms with E-state index in [0.29, 0.717) is 0 Å². The number of aromatic nitrogens is 1. The van der Waals surface area contributed by atoms with Crippen molar-refractivity contribution in [3.05, 3.63) is 58.9 Å². The molecule has 0 fully saturated rings. The third-order valence-electron chi connectivity index (χ3n) is 2.91. The highest BCUT2D eigenvalue weighted by atomic mass is 32.2. The van der Waals surface area contributed by atoms with Crippen molar-refractivity contribution in [1.29, 1.82) is 0 Å². The molecule has 0 saturated heterocycles. The maximum absolute atomic E-state index is 5.79. The lowest BCUT2D eigenvalue weighted by Crippen LogP contribution is -2.06. The smallest absolute Gasteiger partial charge is 0.0569 e. The van der Waals surface area contributed by atoms with Crippen LogP contribution in [-0.4, -0.2) is 4.98 Å². The minimum Gasteiger partial charge on any atom is -0.323 e. The Kier molecular flexibility index (Phi) is 4.61. The summed E-state index contributed by atoms with van der Waals surface area (Å²) in [6.07, 6.45) is 1.91. The van der Waals surface area contributed by atoms with Crippen molar-refractivity contribution in [1.82, 2.24) is 4.98 Å². The third-order valence-corrected chi connectivity index (χ3v) is 3.97. The molecule has 0 amide bonds. The molecule has 2 rings (SSSR count). The highest BCUT2D eigenvalue weighted by Crippen LogP contribution is 2.23. The summed E-state index contributed by atoms with van der Waals surface area (Å²) in [5, 5.41) is 0. The summed E-state index contributed by atoms with van der Waals surface area (Å²) in [4.78, 5) is 5.56. The van der Waals surface area contributed by atoms with E-state index in [0.717, 1.165) is 11.4 Å². The van der Waals surface area contributed by atoms with E-state index < -0.39 is 0 Å². The largest absolute Gasteiger partial charge is 0.323 e. The highest BCUT2D eigenvalue weighted by molar-refractivity contribution is 7.98. The Balaban J connectivity index is 2.02. The Morgan fingerprint density at radius 1 is 1.16 bits per heavy atom. The van der Waals surface area contributed by atoms with Crippen molar-refractivity contribution < 1.29 is 0 Å². The van der Waals surface area contributed by atoms with Gasteiger partial charge in [0.25, 0.3) is 0 Å². The highest BCUT2D eigenvalue weighted by Gasteiger charge is 2.02. The Morgan fingerprint density at radius 3 is 2.37 bits per heavy atom. The van der Waals surface area contributed by atoms with E-state index in [-0.39, 0.29) is 6.04 Å². The van der Waals surface area contributed by atoms with Crippen molar-refractivity contribution in [2.24, 2.45) is 5.73 Å². The van der Waals surface area contributed by atoms with Crippen molar-refractivity contribution in [2.75, 3.05) is 0 Å². The second-order valence-corrected chi connectivity index (χ2v) is 6.04. The molecule has 0 radical (unpaired) electrons. The summed E-state index contributed by atoms with van der Waals surface area (Å²) in [5.74, 6) is 0.974. The van der Waals surface area contributed by atoms with Gasteiger partial charge in [-0.2, -0.15) is 0 Å². The van der Waals surface area contributed by atoms with Crippen LogP contribution in [0.1, 0.15) is 35.3 Å². The van der Waals surface area contributed by atoms with Crippen LogP contribution in [-0.2, 0) is 5.75 Å². The van der Waals surface area contributed by atoms with Crippen LogP contribution in [0.4, 0.5) is 0 Å². The fraction of sp³-hybridized carbons (Fsp3) is 0.312. The summed E-state index contributed by atoms with van der Waals surface area (Å²) < 4.78 is 0. The minimum atomic E-state index is -0.00141. The number of aryl methyl sites for hydroxylation is 2. The topological polar surface area (TPSA) is 38.9 Å². The predicted octanol–water partition coefficient (Wildman–Crippen LogP) is 4.01.